The second kappa shape index (κ2) is 10.1. The van der Waals surface area contributed by atoms with Crippen LogP contribution in [0.5, 0.6) is 0 Å². The lowest BCUT2D eigenvalue weighted by Gasteiger charge is -2.30. The van der Waals surface area contributed by atoms with Crippen LogP contribution >= 0.6 is 0 Å². The first-order valence-electron chi connectivity index (χ1n) is 9.87. The molecule has 0 radical (unpaired) electrons. The number of carboxylic acid groups (broad SMARTS) is 1. The number of hydrogen-bond donors (Lipinski definition) is 1. The lowest BCUT2D eigenvalue weighted by molar-refractivity contribution is -0.149. The first-order chi connectivity index (χ1) is 12.0. The molecule has 2 rings (SSSR count). The minimum absolute atomic E-state index is 0.0565. The highest BCUT2D eigenvalue weighted by molar-refractivity contribution is 5.81. The fraction of sp³-hybridized carbons (Fsp3) is 0.895. The predicted octanol–water partition coefficient (Wildman–Crippen LogP) is 2.51. The molecule has 1 aliphatic heterocycles. The van der Waals surface area contributed by atoms with Gasteiger partial charge in [-0.05, 0) is 45.6 Å². The maximum Gasteiger partial charge on any atom is 0.317 e. The standard InChI is InChI=1S/C19H34N2O4/c1-3-17(25-16-9-5-4-6-10-16)19(24)21-12-7-8-15(11-13-21)20(2)14-18(22)23/h15-17H,3-14H2,1-2H3,(H,22,23). The Hall–Kier alpha value is -1.14. The van der Waals surface area contributed by atoms with Crippen molar-refractivity contribution in [3.63, 3.8) is 0 Å². The van der Waals surface area contributed by atoms with Crippen molar-refractivity contribution in [1.82, 2.24) is 9.80 Å². The summed E-state index contributed by atoms with van der Waals surface area (Å²) in [6, 6.07) is 0.230. The molecule has 2 unspecified atom stereocenters. The molecule has 6 heteroatoms. The van der Waals surface area contributed by atoms with Gasteiger partial charge in [0.25, 0.3) is 5.91 Å². The largest absolute Gasteiger partial charge is 0.480 e. The highest BCUT2D eigenvalue weighted by Crippen LogP contribution is 2.24. The fourth-order valence-corrected chi connectivity index (χ4v) is 4.05. The number of amides is 1. The molecule has 0 aromatic heterocycles. The predicted molar refractivity (Wildman–Crippen MR) is 96.5 cm³/mol. The molecule has 1 saturated carbocycles. The van der Waals surface area contributed by atoms with Crippen LogP contribution in [0.4, 0.5) is 0 Å². The van der Waals surface area contributed by atoms with Crippen LogP contribution in [0.15, 0.2) is 0 Å². The van der Waals surface area contributed by atoms with E-state index in [1.165, 1.54) is 19.3 Å². The molecule has 1 heterocycles. The Morgan fingerprint density at radius 2 is 1.84 bits per heavy atom. The van der Waals surface area contributed by atoms with E-state index in [1.54, 1.807) is 0 Å². The summed E-state index contributed by atoms with van der Waals surface area (Å²) in [6.07, 6.45) is 9.16. The van der Waals surface area contributed by atoms with Crippen molar-refractivity contribution < 1.29 is 19.4 Å². The molecular weight excluding hydrogens is 320 g/mol. The first-order valence-corrected chi connectivity index (χ1v) is 9.87. The van der Waals surface area contributed by atoms with E-state index in [4.69, 9.17) is 9.84 Å². The van der Waals surface area contributed by atoms with Crippen LogP contribution in [0, 0.1) is 0 Å². The van der Waals surface area contributed by atoms with E-state index < -0.39 is 5.97 Å². The number of likely N-dealkylation sites (tertiary alicyclic amines) is 1. The summed E-state index contributed by atoms with van der Waals surface area (Å²) in [5.74, 6) is -0.679. The van der Waals surface area contributed by atoms with E-state index in [-0.39, 0.29) is 30.7 Å². The molecule has 2 atom stereocenters. The third kappa shape index (κ3) is 6.26. The molecule has 0 spiro atoms. The van der Waals surface area contributed by atoms with Gasteiger partial charge in [-0.25, -0.2) is 0 Å². The molecule has 0 aromatic rings. The van der Waals surface area contributed by atoms with Crippen molar-refractivity contribution >= 4 is 11.9 Å². The molecule has 1 aliphatic carbocycles. The van der Waals surface area contributed by atoms with Gasteiger partial charge in [-0.2, -0.15) is 0 Å². The molecule has 2 fully saturated rings. The Morgan fingerprint density at radius 3 is 2.48 bits per heavy atom. The molecule has 1 amide bonds. The second-order valence-corrected chi connectivity index (χ2v) is 7.51. The van der Waals surface area contributed by atoms with Gasteiger partial charge in [0.2, 0.25) is 0 Å². The van der Waals surface area contributed by atoms with Gasteiger partial charge in [0, 0.05) is 19.1 Å². The summed E-state index contributed by atoms with van der Waals surface area (Å²) >= 11 is 0. The molecule has 1 N–H and O–H groups in total. The summed E-state index contributed by atoms with van der Waals surface area (Å²) in [5, 5.41) is 8.96. The van der Waals surface area contributed by atoms with Crippen LogP contribution in [0.1, 0.15) is 64.7 Å². The highest BCUT2D eigenvalue weighted by atomic mass is 16.5. The molecule has 0 aromatic carbocycles. The SMILES string of the molecule is CCC(OC1CCCCC1)C(=O)N1CCCC(N(C)CC(=O)O)CC1. The third-order valence-electron chi connectivity index (χ3n) is 5.57. The molecule has 144 valence electrons. The van der Waals surface area contributed by atoms with E-state index in [9.17, 15) is 9.59 Å². The number of rotatable bonds is 7. The number of likely N-dealkylation sites (N-methyl/N-ethyl adjacent to an activating group) is 1. The Labute approximate surface area is 151 Å². The number of ether oxygens (including phenoxy) is 1. The van der Waals surface area contributed by atoms with Crippen molar-refractivity contribution in [3.8, 4) is 0 Å². The van der Waals surface area contributed by atoms with Gasteiger partial charge < -0.3 is 14.7 Å². The maximum atomic E-state index is 12.9. The number of hydrogen-bond acceptors (Lipinski definition) is 4. The molecule has 2 aliphatic rings. The van der Waals surface area contributed by atoms with E-state index in [0.717, 1.165) is 38.6 Å². The van der Waals surface area contributed by atoms with E-state index >= 15 is 0 Å². The third-order valence-corrected chi connectivity index (χ3v) is 5.57. The van der Waals surface area contributed by atoms with Crippen molar-refractivity contribution in [3.05, 3.63) is 0 Å². The molecule has 1 saturated heterocycles. The summed E-state index contributed by atoms with van der Waals surface area (Å²) < 4.78 is 6.14. The van der Waals surface area contributed by atoms with E-state index in [1.807, 2.05) is 23.8 Å². The van der Waals surface area contributed by atoms with Crippen LogP contribution in [0.2, 0.25) is 0 Å². The second-order valence-electron chi connectivity index (χ2n) is 7.51. The Morgan fingerprint density at radius 1 is 1.12 bits per heavy atom. The lowest BCUT2D eigenvalue weighted by atomic mass is 9.97. The van der Waals surface area contributed by atoms with Crippen LogP contribution in [-0.4, -0.2) is 71.7 Å². The van der Waals surface area contributed by atoms with Crippen LogP contribution in [0.25, 0.3) is 0 Å². The number of nitrogens with zero attached hydrogens (tertiary/aromatic N) is 2. The molecular formula is C19H34N2O4. The minimum Gasteiger partial charge on any atom is -0.480 e. The Balaban J connectivity index is 1.86. The van der Waals surface area contributed by atoms with Gasteiger partial charge in [-0.1, -0.05) is 26.2 Å². The molecule has 0 bridgehead atoms. The number of carbonyl (C=O) groups is 2. The average molecular weight is 354 g/mol. The quantitative estimate of drug-likeness (QED) is 0.761. The van der Waals surface area contributed by atoms with Gasteiger partial charge in [0.15, 0.2) is 0 Å². The van der Waals surface area contributed by atoms with E-state index in [2.05, 4.69) is 0 Å². The smallest absolute Gasteiger partial charge is 0.317 e. The highest BCUT2D eigenvalue weighted by Gasteiger charge is 2.30. The van der Waals surface area contributed by atoms with Crippen LogP contribution in [-0.2, 0) is 14.3 Å². The fourth-order valence-electron chi connectivity index (χ4n) is 4.05. The minimum atomic E-state index is -0.799. The van der Waals surface area contributed by atoms with Crippen molar-refractivity contribution in [2.45, 2.75) is 83.0 Å². The van der Waals surface area contributed by atoms with Gasteiger partial charge >= 0.3 is 5.97 Å². The summed E-state index contributed by atoms with van der Waals surface area (Å²) in [5.41, 5.74) is 0. The monoisotopic (exact) mass is 354 g/mol. The lowest BCUT2D eigenvalue weighted by Crippen LogP contribution is -2.43. The number of aliphatic carboxylic acids is 1. The summed E-state index contributed by atoms with van der Waals surface area (Å²) in [4.78, 5) is 27.6. The Kier molecular flexibility index (Phi) is 8.16. The number of carboxylic acids is 1. The zero-order valence-corrected chi connectivity index (χ0v) is 15.8. The first kappa shape index (κ1) is 20.2. The van der Waals surface area contributed by atoms with Gasteiger partial charge in [-0.15, -0.1) is 0 Å². The van der Waals surface area contributed by atoms with Crippen molar-refractivity contribution in [2.24, 2.45) is 0 Å². The van der Waals surface area contributed by atoms with Crippen LogP contribution in [0.3, 0.4) is 0 Å². The summed E-state index contributed by atoms with van der Waals surface area (Å²) in [7, 11) is 1.86. The van der Waals surface area contributed by atoms with Gasteiger partial charge in [0.05, 0.1) is 12.6 Å². The normalized spacial score (nSPS) is 24.1. The van der Waals surface area contributed by atoms with Crippen molar-refractivity contribution in [2.75, 3.05) is 26.7 Å². The van der Waals surface area contributed by atoms with Gasteiger partial charge in [0.1, 0.15) is 6.10 Å². The summed E-state index contributed by atoms with van der Waals surface area (Å²) in [6.45, 7) is 3.52. The zero-order chi connectivity index (χ0) is 18.2. The zero-order valence-electron chi connectivity index (χ0n) is 15.8. The Bertz CT molecular complexity index is 437. The van der Waals surface area contributed by atoms with E-state index in [0.29, 0.717) is 13.0 Å². The molecule has 6 nitrogen and oxygen atoms in total. The molecule has 25 heavy (non-hydrogen) atoms. The number of carbonyl (C=O) groups excluding carboxylic acids is 1. The van der Waals surface area contributed by atoms with Gasteiger partial charge in [-0.3, -0.25) is 14.5 Å². The maximum absolute atomic E-state index is 12.9. The van der Waals surface area contributed by atoms with Crippen LogP contribution < -0.4 is 0 Å². The topological polar surface area (TPSA) is 70.1 Å². The van der Waals surface area contributed by atoms with Crippen molar-refractivity contribution in [1.29, 1.82) is 0 Å². The average Bonchev–Trinajstić information content (AvgIpc) is 2.85.